The number of hydrogen-bond donors (Lipinski definition) is 1. The topological polar surface area (TPSA) is 43.1 Å². The molecule has 2 heteroatoms. The summed E-state index contributed by atoms with van der Waals surface area (Å²) in [5.41, 5.74) is 10.1. The van der Waals surface area contributed by atoms with Crippen molar-refractivity contribution in [3.8, 4) is 0 Å². The lowest BCUT2D eigenvalue weighted by Crippen LogP contribution is -2.15. The monoisotopic (exact) mass is 253 g/mol. The Morgan fingerprint density at radius 2 is 1.63 bits per heavy atom. The van der Waals surface area contributed by atoms with Crippen LogP contribution >= 0.6 is 0 Å². The van der Waals surface area contributed by atoms with Crippen molar-refractivity contribution in [1.29, 1.82) is 0 Å². The van der Waals surface area contributed by atoms with Gasteiger partial charge in [-0.3, -0.25) is 4.79 Å². The highest BCUT2D eigenvalue weighted by molar-refractivity contribution is 5.96. The number of hydrogen-bond acceptors (Lipinski definition) is 2. The van der Waals surface area contributed by atoms with E-state index in [2.05, 4.69) is 6.07 Å². The predicted octanol–water partition coefficient (Wildman–Crippen LogP) is 3.58. The molecule has 1 atom stereocenters. The van der Waals surface area contributed by atoms with Crippen LogP contribution < -0.4 is 5.73 Å². The third-order valence-electron chi connectivity index (χ3n) is 3.18. The van der Waals surface area contributed by atoms with Gasteiger partial charge in [-0.05, 0) is 31.5 Å². The van der Waals surface area contributed by atoms with Gasteiger partial charge in [0, 0.05) is 18.0 Å². The fraction of sp³-hybridized carbons (Fsp3) is 0.235. The van der Waals surface area contributed by atoms with Crippen LogP contribution in [-0.4, -0.2) is 5.78 Å². The number of nitrogens with two attached hydrogens (primary N) is 1. The van der Waals surface area contributed by atoms with Crippen molar-refractivity contribution in [3.63, 3.8) is 0 Å². The van der Waals surface area contributed by atoms with Crippen LogP contribution in [0.4, 0.5) is 0 Å². The minimum Gasteiger partial charge on any atom is -0.324 e. The van der Waals surface area contributed by atoms with E-state index in [9.17, 15) is 4.79 Å². The van der Waals surface area contributed by atoms with Gasteiger partial charge in [0.15, 0.2) is 5.78 Å². The number of rotatable bonds is 4. The van der Waals surface area contributed by atoms with E-state index in [0.717, 1.165) is 22.3 Å². The molecule has 1 unspecified atom stereocenters. The lowest BCUT2D eigenvalue weighted by molar-refractivity contribution is 0.0974. The molecule has 0 aliphatic carbocycles. The summed E-state index contributed by atoms with van der Waals surface area (Å²) in [4.78, 5) is 12.3. The standard InChI is InChI=1S/C17H19NO/c1-12-8-13(2)10-15(9-12)17(19)11-16(18)14-6-4-3-5-7-14/h3-10,16H,11,18H2,1-2H3. The van der Waals surface area contributed by atoms with E-state index in [4.69, 9.17) is 5.73 Å². The molecular weight excluding hydrogens is 234 g/mol. The first-order chi connectivity index (χ1) is 9.06. The number of Topliss-reactive ketones (excluding diaryl/α,β-unsaturated/α-hetero) is 1. The highest BCUT2D eigenvalue weighted by Crippen LogP contribution is 2.18. The van der Waals surface area contributed by atoms with Gasteiger partial charge in [0.1, 0.15) is 0 Å². The lowest BCUT2D eigenvalue weighted by atomic mass is 9.97. The highest BCUT2D eigenvalue weighted by Gasteiger charge is 2.13. The van der Waals surface area contributed by atoms with Crippen molar-refractivity contribution in [2.75, 3.05) is 0 Å². The zero-order valence-corrected chi connectivity index (χ0v) is 11.4. The van der Waals surface area contributed by atoms with E-state index < -0.39 is 0 Å². The first-order valence-electron chi connectivity index (χ1n) is 6.48. The Morgan fingerprint density at radius 1 is 1.05 bits per heavy atom. The summed E-state index contributed by atoms with van der Waals surface area (Å²) >= 11 is 0. The second-order valence-corrected chi connectivity index (χ2v) is 5.02. The van der Waals surface area contributed by atoms with Crippen molar-refractivity contribution in [2.24, 2.45) is 5.73 Å². The molecule has 0 aliphatic rings. The normalized spacial score (nSPS) is 12.2. The Bertz CT molecular complexity index is 555. The van der Waals surface area contributed by atoms with Crippen LogP contribution in [0.2, 0.25) is 0 Å². The number of carbonyl (C=O) groups excluding carboxylic acids is 1. The summed E-state index contributed by atoms with van der Waals surface area (Å²) in [5.74, 6) is 0.100. The Balaban J connectivity index is 2.13. The van der Waals surface area contributed by atoms with Crippen LogP contribution in [0.1, 0.15) is 39.5 Å². The molecule has 0 heterocycles. The van der Waals surface area contributed by atoms with Gasteiger partial charge in [-0.2, -0.15) is 0 Å². The third-order valence-corrected chi connectivity index (χ3v) is 3.18. The highest BCUT2D eigenvalue weighted by atomic mass is 16.1. The van der Waals surface area contributed by atoms with Crippen molar-refractivity contribution in [1.82, 2.24) is 0 Å². The number of ketones is 1. The van der Waals surface area contributed by atoms with Crippen molar-refractivity contribution in [3.05, 3.63) is 70.8 Å². The molecule has 0 amide bonds. The fourth-order valence-corrected chi connectivity index (χ4v) is 2.27. The quantitative estimate of drug-likeness (QED) is 0.846. The maximum atomic E-state index is 12.3. The van der Waals surface area contributed by atoms with Gasteiger partial charge in [0.2, 0.25) is 0 Å². The summed E-state index contributed by atoms with van der Waals surface area (Å²) in [7, 11) is 0. The molecule has 0 aromatic heterocycles. The maximum Gasteiger partial charge on any atom is 0.164 e. The molecule has 2 N–H and O–H groups in total. The van der Waals surface area contributed by atoms with Crippen LogP contribution in [0.5, 0.6) is 0 Å². The second kappa shape index (κ2) is 5.81. The molecule has 2 aromatic carbocycles. The van der Waals surface area contributed by atoms with Gasteiger partial charge in [-0.25, -0.2) is 0 Å². The van der Waals surface area contributed by atoms with Crippen LogP contribution in [0, 0.1) is 13.8 Å². The zero-order chi connectivity index (χ0) is 13.8. The molecule has 0 radical (unpaired) electrons. The molecule has 2 rings (SSSR count). The third kappa shape index (κ3) is 3.52. The molecule has 0 bridgehead atoms. The molecule has 0 saturated heterocycles. The molecule has 0 saturated carbocycles. The summed E-state index contributed by atoms with van der Waals surface area (Å²) in [6.45, 7) is 4.00. The second-order valence-electron chi connectivity index (χ2n) is 5.02. The van der Waals surface area contributed by atoms with E-state index >= 15 is 0 Å². The molecule has 2 nitrogen and oxygen atoms in total. The SMILES string of the molecule is Cc1cc(C)cc(C(=O)CC(N)c2ccccc2)c1. The molecule has 0 fully saturated rings. The van der Waals surface area contributed by atoms with E-state index in [1.54, 1.807) is 0 Å². The van der Waals surface area contributed by atoms with Gasteiger partial charge in [-0.1, -0.05) is 47.5 Å². The molecular formula is C17H19NO. The van der Waals surface area contributed by atoms with E-state index in [0.29, 0.717) is 6.42 Å². The minimum atomic E-state index is -0.241. The van der Waals surface area contributed by atoms with Crippen LogP contribution in [-0.2, 0) is 0 Å². The molecule has 98 valence electrons. The Hall–Kier alpha value is -1.93. The molecule has 0 aliphatic heterocycles. The van der Waals surface area contributed by atoms with E-state index in [1.807, 2.05) is 56.3 Å². The number of carbonyl (C=O) groups is 1. The predicted molar refractivity (Wildman–Crippen MR) is 78.2 cm³/mol. The first-order valence-corrected chi connectivity index (χ1v) is 6.48. The summed E-state index contributed by atoms with van der Waals surface area (Å²) in [6.07, 6.45) is 0.340. The average Bonchev–Trinajstić information content (AvgIpc) is 2.38. The smallest absolute Gasteiger partial charge is 0.164 e. The molecule has 0 spiro atoms. The van der Waals surface area contributed by atoms with Crippen molar-refractivity contribution in [2.45, 2.75) is 26.3 Å². The average molecular weight is 253 g/mol. The van der Waals surface area contributed by atoms with Crippen LogP contribution in [0.15, 0.2) is 48.5 Å². The minimum absolute atomic E-state index is 0.100. The van der Waals surface area contributed by atoms with Gasteiger partial charge in [0.25, 0.3) is 0 Å². The van der Waals surface area contributed by atoms with Crippen LogP contribution in [0.25, 0.3) is 0 Å². The lowest BCUT2D eigenvalue weighted by Gasteiger charge is -2.11. The van der Waals surface area contributed by atoms with E-state index in [-0.39, 0.29) is 11.8 Å². The van der Waals surface area contributed by atoms with Gasteiger partial charge < -0.3 is 5.73 Å². The molecule has 2 aromatic rings. The largest absolute Gasteiger partial charge is 0.324 e. The zero-order valence-electron chi connectivity index (χ0n) is 11.4. The first kappa shape index (κ1) is 13.5. The Labute approximate surface area is 114 Å². The fourth-order valence-electron chi connectivity index (χ4n) is 2.27. The van der Waals surface area contributed by atoms with Crippen molar-refractivity contribution < 1.29 is 4.79 Å². The maximum absolute atomic E-state index is 12.3. The van der Waals surface area contributed by atoms with Gasteiger partial charge >= 0.3 is 0 Å². The Morgan fingerprint density at radius 3 is 2.21 bits per heavy atom. The van der Waals surface area contributed by atoms with Crippen LogP contribution in [0.3, 0.4) is 0 Å². The van der Waals surface area contributed by atoms with Gasteiger partial charge in [-0.15, -0.1) is 0 Å². The number of aryl methyl sites for hydroxylation is 2. The van der Waals surface area contributed by atoms with Crippen molar-refractivity contribution >= 4 is 5.78 Å². The summed E-state index contributed by atoms with van der Waals surface area (Å²) in [6, 6.07) is 15.4. The number of benzene rings is 2. The molecule has 19 heavy (non-hydrogen) atoms. The summed E-state index contributed by atoms with van der Waals surface area (Å²) < 4.78 is 0. The summed E-state index contributed by atoms with van der Waals surface area (Å²) in [5, 5.41) is 0. The van der Waals surface area contributed by atoms with Gasteiger partial charge in [0.05, 0.1) is 0 Å². The van der Waals surface area contributed by atoms with E-state index in [1.165, 1.54) is 0 Å². The Kier molecular flexibility index (Phi) is 4.13.